The first-order valence-electron chi connectivity index (χ1n) is 7.21. The van der Waals surface area contributed by atoms with Crippen molar-refractivity contribution in [1.82, 2.24) is 5.32 Å². The Bertz CT molecular complexity index is 466. The van der Waals surface area contributed by atoms with Gasteiger partial charge in [-0.1, -0.05) is 18.2 Å². The molecule has 1 aliphatic carbocycles. The minimum absolute atomic E-state index is 0.158. The summed E-state index contributed by atoms with van der Waals surface area (Å²) in [6, 6.07) is 8.48. The molecule has 0 radical (unpaired) electrons. The molecule has 1 aliphatic heterocycles. The molecular weight excluding hydrogens is 238 g/mol. The van der Waals surface area contributed by atoms with Crippen LogP contribution in [0, 0.1) is 0 Å². The maximum atomic E-state index is 10.2. The number of hydrogen-bond acceptors (Lipinski definition) is 3. The number of ether oxygens (including phenoxy) is 1. The first-order chi connectivity index (χ1) is 8.98. The normalized spacial score (nSPS) is 27.0. The lowest BCUT2D eigenvalue weighted by Crippen LogP contribution is -2.49. The van der Waals surface area contributed by atoms with E-state index in [1.54, 1.807) is 0 Å². The fraction of sp³-hybridized carbons (Fsp3) is 0.625. The summed E-state index contributed by atoms with van der Waals surface area (Å²) in [6.45, 7) is 4.92. The molecule has 2 N–H and O–H groups in total. The van der Waals surface area contributed by atoms with Crippen molar-refractivity contribution < 1.29 is 9.84 Å². The summed E-state index contributed by atoms with van der Waals surface area (Å²) < 4.78 is 6.02. The number of fused-ring (bicyclic) bond motifs is 1. The van der Waals surface area contributed by atoms with Crippen LogP contribution in [0.3, 0.4) is 0 Å². The van der Waals surface area contributed by atoms with E-state index >= 15 is 0 Å². The van der Waals surface area contributed by atoms with Crippen molar-refractivity contribution in [2.45, 2.75) is 56.8 Å². The Kier molecular flexibility index (Phi) is 3.06. The number of rotatable bonds is 3. The van der Waals surface area contributed by atoms with Gasteiger partial charge in [-0.2, -0.15) is 0 Å². The highest BCUT2D eigenvalue weighted by Gasteiger charge is 2.37. The SMILES string of the molecule is CC1(C)CC(NCC2(O)CCC2)c2ccccc2O1. The molecule has 0 amide bonds. The first kappa shape index (κ1) is 12.9. The third-order valence-corrected chi connectivity index (χ3v) is 4.34. The predicted octanol–water partition coefficient (Wildman–Crippen LogP) is 2.79. The molecule has 0 aromatic heterocycles. The summed E-state index contributed by atoms with van der Waals surface area (Å²) in [4.78, 5) is 0. The zero-order valence-electron chi connectivity index (χ0n) is 11.8. The van der Waals surface area contributed by atoms with E-state index in [1.165, 1.54) is 5.56 Å². The molecule has 1 atom stereocenters. The zero-order chi connectivity index (χ0) is 13.5. The van der Waals surface area contributed by atoms with E-state index in [4.69, 9.17) is 4.74 Å². The average molecular weight is 261 g/mol. The molecule has 0 spiro atoms. The van der Waals surface area contributed by atoms with Crippen LogP contribution in [-0.4, -0.2) is 22.9 Å². The summed E-state index contributed by atoms with van der Waals surface area (Å²) in [5, 5.41) is 13.8. The van der Waals surface area contributed by atoms with Crippen molar-refractivity contribution in [3.05, 3.63) is 29.8 Å². The van der Waals surface area contributed by atoms with Gasteiger partial charge in [0.2, 0.25) is 0 Å². The fourth-order valence-corrected chi connectivity index (χ4v) is 3.06. The van der Waals surface area contributed by atoms with Crippen LogP contribution in [0.4, 0.5) is 0 Å². The van der Waals surface area contributed by atoms with Crippen LogP contribution in [0.15, 0.2) is 24.3 Å². The second kappa shape index (κ2) is 4.50. The van der Waals surface area contributed by atoms with Gasteiger partial charge in [0.15, 0.2) is 0 Å². The Balaban J connectivity index is 1.76. The highest BCUT2D eigenvalue weighted by molar-refractivity contribution is 5.38. The maximum absolute atomic E-state index is 10.2. The molecule has 3 rings (SSSR count). The van der Waals surface area contributed by atoms with Crippen molar-refractivity contribution in [2.75, 3.05) is 6.54 Å². The smallest absolute Gasteiger partial charge is 0.124 e. The van der Waals surface area contributed by atoms with Gasteiger partial charge in [-0.15, -0.1) is 0 Å². The van der Waals surface area contributed by atoms with Crippen molar-refractivity contribution in [2.24, 2.45) is 0 Å². The van der Waals surface area contributed by atoms with Gasteiger partial charge in [-0.05, 0) is 39.2 Å². The first-order valence-corrected chi connectivity index (χ1v) is 7.21. The second-order valence-corrected chi connectivity index (χ2v) is 6.62. The molecule has 19 heavy (non-hydrogen) atoms. The van der Waals surface area contributed by atoms with Crippen LogP contribution in [0.1, 0.15) is 51.1 Å². The number of aliphatic hydroxyl groups is 1. The van der Waals surface area contributed by atoms with Crippen LogP contribution in [0.2, 0.25) is 0 Å². The van der Waals surface area contributed by atoms with E-state index in [1.807, 2.05) is 18.2 Å². The van der Waals surface area contributed by atoms with E-state index in [9.17, 15) is 5.11 Å². The maximum Gasteiger partial charge on any atom is 0.124 e. The van der Waals surface area contributed by atoms with Crippen LogP contribution in [0.25, 0.3) is 0 Å². The minimum atomic E-state index is -0.475. The lowest BCUT2D eigenvalue weighted by atomic mass is 9.79. The van der Waals surface area contributed by atoms with Gasteiger partial charge in [0.25, 0.3) is 0 Å². The molecule has 1 fully saturated rings. The summed E-state index contributed by atoms with van der Waals surface area (Å²) in [5.41, 5.74) is 0.579. The van der Waals surface area contributed by atoms with Crippen molar-refractivity contribution in [3.8, 4) is 5.75 Å². The van der Waals surface area contributed by atoms with Crippen LogP contribution in [-0.2, 0) is 0 Å². The molecule has 1 saturated carbocycles. The van der Waals surface area contributed by atoms with E-state index < -0.39 is 5.60 Å². The molecule has 1 aromatic carbocycles. The van der Waals surface area contributed by atoms with E-state index in [0.717, 1.165) is 31.4 Å². The third-order valence-electron chi connectivity index (χ3n) is 4.34. The Labute approximate surface area is 115 Å². The lowest BCUT2D eigenvalue weighted by Gasteiger charge is -2.41. The van der Waals surface area contributed by atoms with Crippen LogP contribution >= 0.6 is 0 Å². The van der Waals surface area contributed by atoms with Gasteiger partial charge in [-0.25, -0.2) is 0 Å². The standard InChI is InChI=1S/C16H23NO2/c1-15(2)10-13(17-11-16(18)8-5-9-16)12-6-3-4-7-14(12)19-15/h3-4,6-7,13,17-18H,5,8-11H2,1-2H3. The predicted molar refractivity (Wildman–Crippen MR) is 75.3 cm³/mol. The largest absolute Gasteiger partial charge is 0.487 e. The van der Waals surface area contributed by atoms with Crippen LogP contribution in [0.5, 0.6) is 5.75 Å². The topological polar surface area (TPSA) is 41.5 Å². The molecular formula is C16H23NO2. The molecule has 3 heteroatoms. The van der Waals surface area contributed by atoms with Gasteiger partial charge in [0.1, 0.15) is 11.4 Å². The summed E-state index contributed by atoms with van der Waals surface area (Å²) in [5.74, 6) is 0.969. The molecule has 0 bridgehead atoms. The second-order valence-electron chi connectivity index (χ2n) is 6.62. The van der Waals surface area contributed by atoms with E-state index in [-0.39, 0.29) is 11.6 Å². The van der Waals surface area contributed by atoms with Gasteiger partial charge in [-0.3, -0.25) is 0 Å². The van der Waals surface area contributed by atoms with E-state index in [2.05, 4.69) is 25.2 Å². The molecule has 1 aromatic rings. The van der Waals surface area contributed by atoms with Crippen molar-refractivity contribution in [1.29, 1.82) is 0 Å². The van der Waals surface area contributed by atoms with Gasteiger partial charge in [0, 0.05) is 24.6 Å². The van der Waals surface area contributed by atoms with Gasteiger partial charge < -0.3 is 15.2 Å². The Morgan fingerprint density at radius 3 is 2.74 bits per heavy atom. The number of hydrogen-bond donors (Lipinski definition) is 2. The minimum Gasteiger partial charge on any atom is -0.487 e. The molecule has 104 valence electrons. The fourth-order valence-electron chi connectivity index (χ4n) is 3.06. The van der Waals surface area contributed by atoms with Gasteiger partial charge >= 0.3 is 0 Å². The van der Waals surface area contributed by atoms with Crippen molar-refractivity contribution >= 4 is 0 Å². The number of nitrogens with one attached hydrogen (secondary N) is 1. The molecule has 2 aliphatic rings. The lowest BCUT2D eigenvalue weighted by molar-refractivity contribution is -0.0366. The Morgan fingerprint density at radius 1 is 1.32 bits per heavy atom. The molecule has 3 nitrogen and oxygen atoms in total. The zero-order valence-corrected chi connectivity index (χ0v) is 11.8. The number of benzene rings is 1. The molecule has 1 heterocycles. The monoisotopic (exact) mass is 261 g/mol. The quantitative estimate of drug-likeness (QED) is 0.879. The van der Waals surface area contributed by atoms with Gasteiger partial charge in [0.05, 0.1) is 5.60 Å². The molecule has 1 unspecified atom stereocenters. The van der Waals surface area contributed by atoms with Crippen molar-refractivity contribution in [3.63, 3.8) is 0 Å². The average Bonchev–Trinajstić information content (AvgIpc) is 2.32. The Hall–Kier alpha value is -1.06. The highest BCUT2D eigenvalue weighted by atomic mass is 16.5. The molecule has 0 saturated heterocycles. The Morgan fingerprint density at radius 2 is 2.05 bits per heavy atom. The summed E-state index contributed by atoms with van der Waals surface area (Å²) in [6.07, 6.45) is 3.93. The summed E-state index contributed by atoms with van der Waals surface area (Å²) >= 11 is 0. The number of para-hydroxylation sites is 1. The third kappa shape index (κ3) is 2.63. The van der Waals surface area contributed by atoms with Crippen LogP contribution < -0.4 is 10.1 Å². The highest BCUT2D eigenvalue weighted by Crippen LogP contribution is 2.40. The summed E-state index contributed by atoms with van der Waals surface area (Å²) in [7, 11) is 0. The van der Waals surface area contributed by atoms with E-state index in [0.29, 0.717) is 6.54 Å².